The number of amides is 1. The Morgan fingerprint density at radius 1 is 0.889 bits per heavy atom. The molecule has 2 fully saturated rings. The van der Waals surface area contributed by atoms with Gasteiger partial charge in [-0.15, -0.1) is 11.8 Å². The van der Waals surface area contributed by atoms with Crippen molar-refractivity contribution >= 4 is 33.1 Å². The molecule has 3 rings (SSSR count). The Labute approximate surface area is 318 Å². The Bertz CT molecular complexity index is 1440. The number of aliphatic hydroxyl groups excluding tert-OH is 5. The van der Waals surface area contributed by atoms with Gasteiger partial charge in [0.25, 0.3) is 5.56 Å². The monoisotopic (exact) mass is 839 g/mol. The summed E-state index contributed by atoms with van der Waals surface area (Å²) in [6, 6.07) is -0.350. The number of phosphoric ester groups is 1. The third-order valence-corrected chi connectivity index (χ3v) is 13.4. The van der Waals surface area contributed by atoms with Gasteiger partial charge in [-0.2, -0.15) is 0 Å². The molecule has 0 saturated carbocycles. The summed E-state index contributed by atoms with van der Waals surface area (Å²) in [7, 11) is -10.3. The maximum Gasteiger partial charge on any atom is 0.479 e. The van der Waals surface area contributed by atoms with E-state index < -0.39 is 106 Å². The molecule has 316 valence electrons. The molecule has 0 radical (unpaired) electrons. The highest BCUT2D eigenvalue weighted by Crippen LogP contribution is 2.61. The molecule has 0 spiro atoms. The number of nitrogens with zero attached hydrogens (tertiary/aromatic N) is 3. The van der Waals surface area contributed by atoms with Gasteiger partial charge < -0.3 is 59.9 Å². The van der Waals surface area contributed by atoms with Gasteiger partial charge in [-0.05, 0) is 39.3 Å². The van der Waals surface area contributed by atoms with Crippen LogP contribution in [0.3, 0.4) is 0 Å². The lowest BCUT2D eigenvalue weighted by Crippen LogP contribution is -2.63. The van der Waals surface area contributed by atoms with Gasteiger partial charge in [0.15, 0.2) is 6.23 Å². The molecular formula is C30H59N5O16P2S. The zero-order valence-corrected chi connectivity index (χ0v) is 34.3. The summed E-state index contributed by atoms with van der Waals surface area (Å²) in [5.74, 6) is -0.640. The van der Waals surface area contributed by atoms with E-state index in [4.69, 9.17) is 9.47 Å². The van der Waals surface area contributed by atoms with E-state index in [2.05, 4.69) is 65.5 Å². The van der Waals surface area contributed by atoms with Crippen LogP contribution < -0.4 is 16.6 Å². The normalized spacial score (nSPS) is 29.0. The lowest BCUT2D eigenvalue weighted by molar-refractivity contribution is -0.173. The molecule has 0 bridgehead atoms. The summed E-state index contributed by atoms with van der Waals surface area (Å²) in [5, 5.41) is 52.4. The van der Waals surface area contributed by atoms with Crippen LogP contribution in [0.1, 0.15) is 54.7 Å². The second kappa shape index (κ2) is 24.3. The van der Waals surface area contributed by atoms with Crippen LogP contribution in [-0.4, -0.2) is 167 Å². The maximum atomic E-state index is 12.5. The van der Waals surface area contributed by atoms with E-state index in [1.54, 1.807) is 0 Å². The molecule has 1 aromatic rings. The fraction of sp³-hybridized carbons (Fsp3) is 0.833. The molecule has 21 nitrogen and oxygen atoms in total. The molecule has 11 atom stereocenters. The van der Waals surface area contributed by atoms with Gasteiger partial charge in [-0.3, -0.25) is 28.2 Å². The van der Waals surface area contributed by atoms with Gasteiger partial charge in [0, 0.05) is 19.2 Å². The predicted octanol–water partition coefficient (Wildman–Crippen LogP) is -1.19. The third-order valence-electron chi connectivity index (χ3n) is 8.43. The Balaban J connectivity index is 0.000000879. The van der Waals surface area contributed by atoms with Crippen LogP contribution in [0.5, 0.6) is 0 Å². The first kappa shape index (κ1) is 50.5. The number of hydrogen-bond donors (Lipinski definition) is 9. The summed E-state index contributed by atoms with van der Waals surface area (Å²) in [5.41, 5.74) is -3.96. The Kier molecular flexibility index (Phi) is 22.7. The molecule has 2 aliphatic heterocycles. The zero-order chi connectivity index (χ0) is 41.4. The van der Waals surface area contributed by atoms with E-state index in [1.807, 2.05) is 4.98 Å². The smallest absolute Gasteiger partial charge is 0.394 e. The van der Waals surface area contributed by atoms with Gasteiger partial charge in [-0.25, -0.2) is 13.7 Å². The van der Waals surface area contributed by atoms with Gasteiger partial charge in [0.2, 0.25) is 5.91 Å². The van der Waals surface area contributed by atoms with Crippen molar-refractivity contribution in [3.05, 3.63) is 33.1 Å². The number of thioether (sulfide) groups is 1. The maximum absolute atomic E-state index is 12.5. The number of phosphoric acid groups is 1. The van der Waals surface area contributed by atoms with E-state index >= 15 is 0 Å². The minimum absolute atomic E-state index is 0.464. The lowest BCUT2D eigenvalue weighted by Gasteiger charge is -2.42. The van der Waals surface area contributed by atoms with Crippen molar-refractivity contribution in [3.8, 4) is 0 Å². The number of H-pyrrole nitrogens is 1. The van der Waals surface area contributed by atoms with Gasteiger partial charge >= 0.3 is 21.1 Å². The quantitative estimate of drug-likeness (QED) is 0.0833. The van der Waals surface area contributed by atoms with E-state index in [0.29, 0.717) is 11.8 Å². The molecule has 2 aliphatic rings. The number of aliphatic hydroxyl groups is 5. The molecule has 9 N–H and O–H groups in total. The van der Waals surface area contributed by atoms with Gasteiger partial charge in [0.1, 0.15) is 42.1 Å². The van der Waals surface area contributed by atoms with Crippen molar-refractivity contribution in [1.82, 2.24) is 24.7 Å². The Morgan fingerprint density at radius 2 is 1.41 bits per heavy atom. The van der Waals surface area contributed by atoms with Gasteiger partial charge in [-0.1, -0.05) is 41.5 Å². The summed E-state index contributed by atoms with van der Waals surface area (Å²) >= 11 is 0.464. The van der Waals surface area contributed by atoms with Crippen LogP contribution in [-0.2, 0) is 32.2 Å². The standard InChI is InChI=1S/C18H29N3O16P2S.2C6H15N/c1-7(23)19-11-14(27)12(25)8(4-22)36-17(11)40-6-38(30,31)37-39(32,33)34-5-9-13(26)15(28)16(35-9)21-3-2-10(24)20-18(21)29;2*1-4-7(5-2)6-3/h2-3,8-9,11-17,22,25-28H,4-6H2,1H3,(H,19,23)(H,30,31)(H,32,33)(H,20,24,29);2*4-6H2,1-3H3/t8-,9-,11-,12-,13-,14-,15-,16-,17-;;/m1../s1. The molecule has 1 amide bonds. The Hall–Kier alpha value is -1.56. The molecule has 3 heterocycles. The van der Waals surface area contributed by atoms with Crippen molar-refractivity contribution in [3.63, 3.8) is 0 Å². The highest BCUT2D eigenvalue weighted by atomic mass is 32.2. The first-order chi connectivity index (χ1) is 25.2. The number of hydrogen-bond acceptors (Lipinski definition) is 17. The zero-order valence-electron chi connectivity index (χ0n) is 31.7. The van der Waals surface area contributed by atoms with Gasteiger partial charge in [0.05, 0.1) is 24.7 Å². The minimum Gasteiger partial charge on any atom is -0.394 e. The first-order valence-corrected chi connectivity index (χ1v) is 21.8. The summed E-state index contributed by atoms with van der Waals surface area (Å²) < 4.78 is 45.3. The van der Waals surface area contributed by atoms with Crippen molar-refractivity contribution < 1.29 is 67.6 Å². The summed E-state index contributed by atoms with van der Waals surface area (Å²) in [6.07, 6.45) is -10.1. The van der Waals surface area contributed by atoms with Crippen LogP contribution in [0.4, 0.5) is 0 Å². The van der Waals surface area contributed by atoms with E-state index in [0.717, 1.165) is 23.8 Å². The predicted molar refractivity (Wildman–Crippen MR) is 199 cm³/mol. The summed E-state index contributed by atoms with van der Waals surface area (Å²) in [6.45, 7) is 19.7. The molecule has 0 aliphatic carbocycles. The number of nitrogens with one attached hydrogen (secondary N) is 2. The van der Waals surface area contributed by atoms with Crippen molar-refractivity contribution in [2.24, 2.45) is 0 Å². The van der Waals surface area contributed by atoms with E-state index in [-0.39, 0.29) is 0 Å². The number of ether oxygens (including phenoxy) is 2. The molecular weight excluding hydrogens is 780 g/mol. The van der Waals surface area contributed by atoms with Crippen LogP contribution in [0, 0.1) is 0 Å². The minimum atomic E-state index is -5.32. The SMILES string of the molecule is CC(=O)N[C@@H]1[C@@H](O)[C@H](O)[C@@H](CO)O[C@@H]1SCP(=O)(O)OP(=O)(O)OC[C@H]1O[C@@H](n2ccc(=O)[nH]c2=O)[C@H](O)[C@@H]1O.CCN(CC)CC.CCN(CC)CC. The highest BCUT2D eigenvalue weighted by molar-refractivity contribution is 8.05. The average Bonchev–Trinajstić information content (AvgIpc) is 3.39. The second-order valence-corrected chi connectivity index (χ2v) is 17.0. The van der Waals surface area contributed by atoms with Crippen molar-refractivity contribution in [2.45, 2.75) is 103 Å². The third kappa shape index (κ3) is 16.1. The fourth-order valence-electron chi connectivity index (χ4n) is 5.22. The fourth-order valence-corrected chi connectivity index (χ4v) is 9.65. The molecule has 0 aromatic carbocycles. The molecule has 2 saturated heterocycles. The van der Waals surface area contributed by atoms with Crippen LogP contribution >= 0.6 is 27.2 Å². The Morgan fingerprint density at radius 3 is 1.85 bits per heavy atom. The van der Waals surface area contributed by atoms with E-state index in [1.165, 1.54) is 39.3 Å². The number of carbonyl (C=O) groups excluding carboxylic acids is 1. The first-order valence-electron chi connectivity index (χ1n) is 17.5. The molecule has 2 unspecified atom stereocenters. The number of aromatic amines is 1. The van der Waals surface area contributed by atoms with Crippen LogP contribution in [0.15, 0.2) is 21.9 Å². The molecule has 24 heteroatoms. The number of aromatic nitrogens is 2. The number of carbonyl (C=O) groups is 1. The van der Waals surface area contributed by atoms with Crippen molar-refractivity contribution in [1.29, 1.82) is 0 Å². The van der Waals surface area contributed by atoms with Crippen LogP contribution in [0.25, 0.3) is 0 Å². The lowest BCUT2D eigenvalue weighted by atomic mass is 9.98. The van der Waals surface area contributed by atoms with Crippen LogP contribution in [0.2, 0.25) is 0 Å². The largest absolute Gasteiger partial charge is 0.479 e. The molecule has 1 aromatic heterocycles. The second-order valence-electron chi connectivity index (χ2n) is 12.0. The molecule has 54 heavy (non-hydrogen) atoms. The topological polar surface area (TPSA) is 303 Å². The van der Waals surface area contributed by atoms with E-state index in [9.17, 15) is 58.8 Å². The highest BCUT2D eigenvalue weighted by Gasteiger charge is 2.48. The van der Waals surface area contributed by atoms with Crippen molar-refractivity contribution in [2.75, 3.05) is 58.0 Å². The average molecular weight is 840 g/mol. The summed E-state index contributed by atoms with van der Waals surface area (Å²) in [4.78, 5) is 61.4. The number of rotatable bonds is 17.